The van der Waals surface area contributed by atoms with Gasteiger partial charge in [-0.1, -0.05) is 0 Å². The molecule has 1 aliphatic rings. The molecule has 0 amide bonds. The van der Waals surface area contributed by atoms with Gasteiger partial charge in [0.2, 0.25) is 0 Å². The summed E-state index contributed by atoms with van der Waals surface area (Å²) in [4.78, 5) is 20.4. The SMILES string of the molecule is N#Cc1c(N2CCC(F)(F)CC2)c2ncccc2[nH]c1=O. The molecule has 0 bridgehead atoms. The number of aromatic nitrogens is 2. The first-order valence-corrected chi connectivity index (χ1v) is 6.56. The molecule has 0 radical (unpaired) electrons. The molecule has 5 nitrogen and oxygen atoms in total. The number of nitriles is 1. The maximum atomic E-state index is 13.3. The molecule has 1 aliphatic heterocycles. The van der Waals surface area contributed by atoms with Crippen molar-refractivity contribution in [2.75, 3.05) is 18.0 Å². The van der Waals surface area contributed by atoms with Gasteiger partial charge < -0.3 is 9.88 Å². The smallest absolute Gasteiger partial charge is 0.268 e. The number of aromatic amines is 1. The zero-order valence-corrected chi connectivity index (χ0v) is 11.1. The maximum absolute atomic E-state index is 13.3. The molecule has 3 heterocycles. The predicted molar refractivity (Wildman–Crippen MR) is 73.5 cm³/mol. The normalized spacial score (nSPS) is 17.7. The van der Waals surface area contributed by atoms with Gasteiger partial charge in [-0.25, -0.2) is 8.78 Å². The highest BCUT2D eigenvalue weighted by Crippen LogP contribution is 2.33. The second kappa shape index (κ2) is 4.81. The highest BCUT2D eigenvalue weighted by atomic mass is 19.3. The molecule has 1 fully saturated rings. The Morgan fingerprint density at radius 1 is 1.38 bits per heavy atom. The molecule has 7 heteroatoms. The van der Waals surface area contributed by atoms with Gasteiger partial charge in [-0.2, -0.15) is 5.26 Å². The number of hydrogen-bond acceptors (Lipinski definition) is 4. The molecular weight excluding hydrogens is 278 g/mol. The third-order valence-corrected chi connectivity index (χ3v) is 3.67. The number of nitrogens with zero attached hydrogens (tertiary/aromatic N) is 3. The second-order valence-corrected chi connectivity index (χ2v) is 5.03. The summed E-state index contributed by atoms with van der Waals surface area (Å²) in [5, 5.41) is 9.22. The Morgan fingerprint density at radius 2 is 2.10 bits per heavy atom. The summed E-state index contributed by atoms with van der Waals surface area (Å²) in [6.07, 6.45) is 0.960. The van der Waals surface area contributed by atoms with Crippen molar-refractivity contribution < 1.29 is 8.78 Å². The zero-order valence-electron chi connectivity index (χ0n) is 11.1. The molecule has 0 saturated carbocycles. The van der Waals surface area contributed by atoms with Crippen LogP contribution in [-0.2, 0) is 0 Å². The van der Waals surface area contributed by atoms with Crippen LogP contribution in [0.5, 0.6) is 0 Å². The van der Waals surface area contributed by atoms with E-state index in [1.54, 1.807) is 23.2 Å². The minimum Gasteiger partial charge on any atom is -0.368 e. The third kappa shape index (κ3) is 2.33. The van der Waals surface area contributed by atoms with Crippen LogP contribution in [0.4, 0.5) is 14.5 Å². The quantitative estimate of drug-likeness (QED) is 0.872. The number of nitrogens with one attached hydrogen (secondary N) is 1. The van der Waals surface area contributed by atoms with E-state index in [1.807, 2.05) is 6.07 Å². The van der Waals surface area contributed by atoms with E-state index in [9.17, 15) is 18.8 Å². The van der Waals surface area contributed by atoms with Crippen LogP contribution in [0.3, 0.4) is 0 Å². The number of alkyl halides is 2. The number of hydrogen-bond donors (Lipinski definition) is 1. The number of anilines is 1. The van der Waals surface area contributed by atoms with Crippen LogP contribution in [0.15, 0.2) is 23.1 Å². The molecule has 2 aromatic heterocycles. The van der Waals surface area contributed by atoms with Crippen LogP contribution in [0.2, 0.25) is 0 Å². The van der Waals surface area contributed by atoms with E-state index in [0.717, 1.165) is 0 Å². The summed E-state index contributed by atoms with van der Waals surface area (Å²) in [5.74, 6) is -2.69. The fraction of sp³-hybridized carbons (Fsp3) is 0.357. The highest BCUT2D eigenvalue weighted by molar-refractivity contribution is 5.91. The van der Waals surface area contributed by atoms with Crippen LogP contribution in [0, 0.1) is 11.3 Å². The lowest BCUT2D eigenvalue weighted by molar-refractivity contribution is -0.0220. The van der Waals surface area contributed by atoms with Crippen LogP contribution < -0.4 is 10.5 Å². The van der Waals surface area contributed by atoms with Crippen molar-refractivity contribution in [2.24, 2.45) is 0 Å². The number of rotatable bonds is 1. The molecule has 1 N–H and O–H groups in total. The average molecular weight is 290 g/mol. The minimum atomic E-state index is -2.69. The molecule has 0 unspecified atom stereocenters. The predicted octanol–water partition coefficient (Wildman–Crippen LogP) is 2.03. The Morgan fingerprint density at radius 3 is 2.76 bits per heavy atom. The van der Waals surface area contributed by atoms with E-state index in [1.165, 1.54) is 0 Å². The Balaban J connectivity index is 2.17. The topological polar surface area (TPSA) is 72.8 Å². The van der Waals surface area contributed by atoms with E-state index >= 15 is 0 Å². The Kier molecular flexibility index (Phi) is 3.09. The number of fused-ring (bicyclic) bond motifs is 1. The summed E-state index contributed by atoms with van der Waals surface area (Å²) in [6, 6.07) is 5.20. The highest BCUT2D eigenvalue weighted by Gasteiger charge is 2.35. The van der Waals surface area contributed by atoms with Gasteiger partial charge in [0.15, 0.2) is 0 Å². The van der Waals surface area contributed by atoms with Crippen LogP contribution >= 0.6 is 0 Å². The molecule has 0 aliphatic carbocycles. The maximum Gasteiger partial charge on any atom is 0.268 e. The van der Waals surface area contributed by atoms with Gasteiger partial charge in [0.1, 0.15) is 17.1 Å². The summed E-state index contributed by atoms with van der Waals surface area (Å²) in [5.41, 5.74) is 0.705. The van der Waals surface area contributed by atoms with E-state index in [4.69, 9.17) is 0 Å². The fourth-order valence-corrected chi connectivity index (χ4v) is 2.57. The van der Waals surface area contributed by atoms with Gasteiger partial charge in [0.05, 0.1) is 11.2 Å². The number of pyridine rings is 2. The Labute approximate surface area is 118 Å². The van der Waals surface area contributed by atoms with Crippen LogP contribution in [-0.4, -0.2) is 29.0 Å². The van der Waals surface area contributed by atoms with Gasteiger partial charge in [-0.3, -0.25) is 9.78 Å². The van der Waals surface area contributed by atoms with Gasteiger partial charge in [-0.05, 0) is 12.1 Å². The van der Waals surface area contributed by atoms with E-state index in [-0.39, 0.29) is 31.5 Å². The molecule has 21 heavy (non-hydrogen) atoms. The van der Waals surface area contributed by atoms with Crippen LogP contribution in [0.1, 0.15) is 18.4 Å². The second-order valence-electron chi connectivity index (χ2n) is 5.03. The molecule has 0 aromatic carbocycles. The minimum absolute atomic E-state index is 0.0774. The number of piperidine rings is 1. The number of H-pyrrole nitrogens is 1. The molecule has 108 valence electrons. The number of halogens is 2. The summed E-state index contributed by atoms with van der Waals surface area (Å²) in [7, 11) is 0. The molecule has 2 aromatic rings. The first-order chi connectivity index (χ1) is 10.0. The Hall–Kier alpha value is -2.49. The lowest BCUT2D eigenvalue weighted by Crippen LogP contribution is -2.40. The van der Waals surface area contributed by atoms with Crippen molar-refractivity contribution in [3.8, 4) is 6.07 Å². The lowest BCUT2D eigenvalue weighted by atomic mass is 10.0. The van der Waals surface area contributed by atoms with Gasteiger partial charge in [-0.15, -0.1) is 0 Å². The van der Waals surface area contributed by atoms with Crippen LogP contribution in [0.25, 0.3) is 11.0 Å². The van der Waals surface area contributed by atoms with Crippen molar-refractivity contribution >= 4 is 16.7 Å². The molecular formula is C14H12F2N4O. The van der Waals surface area contributed by atoms with E-state index < -0.39 is 11.5 Å². The summed E-state index contributed by atoms with van der Waals surface area (Å²) in [6.45, 7) is 0.188. The first kappa shape index (κ1) is 13.5. The average Bonchev–Trinajstić information content (AvgIpc) is 2.46. The van der Waals surface area contributed by atoms with Crippen molar-refractivity contribution in [3.05, 3.63) is 34.2 Å². The molecule has 0 spiro atoms. The van der Waals surface area contributed by atoms with Gasteiger partial charge in [0, 0.05) is 32.1 Å². The fourth-order valence-electron chi connectivity index (χ4n) is 2.57. The van der Waals surface area contributed by atoms with Crippen molar-refractivity contribution in [2.45, 2.75) is 18.8 Å². The molecule has 1 saturated heterocycles. The largest absolute Gasteiger partial charge is 0.368 e. The molecule has 3 rings (SSSR count). The summed E-state index contributed by atoms with van der Waals surface area (Å²) < 4.78 is 26.6. The van der Waals surface area contributed by atoms with Crippen molar-refractivity contribution in [1.82, 2.24) is 9.97 Å². The standard InChI is InChI=1S/C14H12F2N4O/c15-14(16)3-6-20(7-4-14)12-9(8-17)13(21)19-10-2-1-5-18-11(10)12/h1-2,5H,3-4,6-7H2,(H,19,21). The van der Waals surface area contributed by atoms with E-state index in [0.29, 0.717) is 16.7 Å². The molecule has 0 atom stereocenters. The van der Waals surface area contributed by atoms with Crippen molar-refractivity contribution in [3.63, 3.8) is 0 Å². The zero-order chi connectivity index (χ0) is 15.0. The third-order valence-electron chi connectivity index (χ3n) is 3.67. The lowest BCUT2D eigenvalue weighted by Gasteiger charge is -2.33. The first-order valence-electron chi connectivity index (χ1n) is 6.56. The summed E-state index contributed by atoms with van der Waals surface area (Å²) >= 11 is 0. The van der Waals surface area contributed by atoms with E-state index in [2.05, 4.69) is 9.97 Å². The monoisotopic (exact) mass is 290 g/mol. The van der Waals surface area contributed by atoms with Crippen molar-refractivity contribution in [1.29, 1.82) is 5.26 Å². The van der Waals surface area contributed by atoms with Gasteiger partial charge >= 0.3 is 0 Å². The van der Waals surface area contributed by atoms with Gasteiger partial charge in [0.25, 0.3) is 11.5 Å². The Bertz CT molecular complexity index is 784.